The molecule has 2 fully saturated rings. The second-order valence-electron chi connectivity index (χ2n) is 8.79. The lowest BCUT2D eigenvalue weighted by atomic mass is 9.86. The maximum Gasteiger partial charge on any atom is 0.227 e. The van der Waals surface area contributed by atoms with Crippen LogP contribution in [0.5, 0.6) is 0 Å². The number of hydrogen-bond donors (Lipinski definition) is 2. The Morgan fingerprint density at radius 3 is 2.06 bits per heavy atom. The van der Waals surface area contributed by atoms with Crippen molar-refractivity contribution in [3.63, 3.8) is 0 Å². The van der Waals surface area contributed by atoms with Gasteiger partial charge in [-0.2, -0.15) is 0 Å². The lowest BCUT2D eigenvalue weighted by Crippen LogP contribution is -2.48. The summed E-state index contributed by atoms with van der Waals surface area (Å²) >= 11 is 0. The Labute approximate surface area is 185 Å². The Kier molecular flexibility index (Phi) is 7.59. The highest BCUT2D eigenvalue weighted by Crippen LogP contribution is 2.27. The van der Waals surface area contributed by atoms with Crippen molar-refractivity contribution in [2.45, 2.75) is 57.7 Å². The quantitative estimate of drug-likeness (QED) is 0.692. The van der Waals surface area contributed by atoms with Gasteiger partial charge >= 0.3 is 0 Å². The summed E-state index contributed by atoms with van der Waals surface area (Å²) in [6, 6.07) is 7.73. The van der Waals surface area contributed by atoms with Crippen molar-refractivity contribution in [1.82, 2.24) is 9.62 Å². The highest BCUT2D eigenvalue weighted by Gasteiger charge is 2.29. The zero-order valence-corrected chi connectivity index (χ0v) is 19.5. The van der Waals surface area contributed by atoms with Crippen molar-refractivity contribution in [3.05, 3.63) is 24.3 Å². The molecule has 2 amide bonds. The summed E-state index contributed by atoms with van der Waals surface area (Å²) in [5.41, 5.74) is 1.85. The number of benzene rings is 1. The maximum atomic E-state index is 12.7. The van der Waals surface area contributed by atoms with E-state index in [0.717, 1.165) is 37.6 Å². The number of sulfonamides is 1. The summed E-state index contributed by atoms with van der Waals surface area (Å²) < 4.78 is 26.8. The average Bonchev–Trinajstić information content (AvgIpc) is 2.74. The van der Waals surface area contributed by atoms with Gasteiger partial charge in [0.15, 0.2) is 0 Å². The number of rotatable bonds is 6. The van der Waals surface area contributed by atoms with Gasteiger partial charge in [0.05, 0.1) is 5.25 Å². The molecule has 1 heterocycles. The van der Waals surface area contributed by atoms with Crippen LogP contribution in [0.3, 0.4) is 0 Å². The van der Waals surface area contributed by atoms with Crippen molar-refractivity contribution in [1.29, 1.82) is 0 Å². The molecular weight excluding hydrogens is 416 g/mol. The molecule has 2 aliphatic rings. The first-order valence-electron chi connectivity index (χ1n) is 11.1. The van der Waals surface area contributed by atoms with Crippen LogP contribution in [0.1, 0.15) is 46.5 Å². The molecule has 0 unspecified atom stereocenters. The van der Waals surface area contributed by atoms with Crippen LogP contribution in [0.15, 0.2) is 24.3 Å². The molecule has 1 aromatic rings. The van der Waals surface area contributed by atoms with Crippen LogP contribution in [-0.2, 0) is 19.6 Å². The van der Waals surface area contributed by atoms with Gasteiger partial charge in [0, 0.05) is 56.4 Å². The molecule has 1 saturated heterocycles. The van der Waals surface area contributed by atoms with Crippen LogP contribution < -0.4 is 14.9 Å². The maximum absolute atomic E-state index is 12.7. The van der Waals surface area contributed by atoms with Crippen molar-refractivity contribution >= 4 is 33.2 Å². The summed E-state index contributed by atoms with van der Waals surface area (Å²) in [5.74, 6) is 0.0104. The predicted octanol–water partition coefficient (Wildman–Crippen LogP) is 2.18. The van der Waals surface area contributed by atoms with E-state index < -0.39 is 15.3 Å². The standard InChI is InChI=1S/C22H34N4O4S/c1-16(2)31(29,30)24-20-6-4-18(5-7-20)22(28)23-19-8-10-21(11-9-19)26-14-12-25(13-15-26)17(3)27/h8-11,16,18,20,24H,4-7,12-15H2,1-3H3,(H,23,28)/t18-,20-. The lowest BCUT2D eigenvalue weighted by molar-refractivity contribution is -0.129. The van der Waals surface area contributed by atoms with Gasteiger partial charge in [-0.1, -0.05) is 0 Å². The largest absolute Gasteiger partial charge is 0.368 e. The normalized spacial score (nSPS) is 22.5. The Morgan fingerprint density at radius 2 is 1.55 bits per heavy atom. The first-order valence-corrected chi connectivity index (χ1v) is 12.6. The van der Waals surface area contributed by atoms with Crippen LogP contribution in [-0.4, -0.2) is 62.6 Å². The summed E-state index contributed by atoms with van der Waals surface area (Å²) in [4.78, 5) is 28.2. The van der Waals surface area contributed by atoms with Crippen molar-refractivity contribution in [3.8, 4) is 0 Å². The van der Waals surface area contributed by atoms with Crippen LogP contribution in [0.25, 0.3) is 0 Å². The van der Waals surface area contributed by atoms with E-state index in [4.69, 9.17) is 0 Å². The van der Waals surface area contributed by atoms with Crippen molar-refractivity contribution < 1.29 is 18.0 Å². The lowest BCUT2D eigenvalue weighted by Gasteiger charge is -2.35. The van der Waals surface area contributed by atoms with Crippen LogP contribution >= 0.6 is 0 Å². The SMILES string of the molecule is CC(=O)N1CCN(c2ccc(NC(=O)[C@H]3CC[C@H](NS(=O)(=O)C(C)C)CC3)cc2)CC1. The summed E-state index contributed by atoms with van der Waals surface area (Å²) in [5, 5.41) is 2.55. The van der Waals surface area contributed by atoms with Gasteiger partial charge in [-0.25, -0.2) is 13.1 Å². The third-order valence-electron chi connectivity index (χ3n) is 6.27. The summed E-state index contributed by atoms with van der Waals surface area (Å²) in [6.45, 7) is 7.99. The third-order valence-corrected chi connectivity index (χ3v) is 8.18. The molecular formula is C22H34N4O4S. The van der Waals surface area contributed by atoms with E-state index in [2.05, 4.69) is 14.9 Å². The summed E-state index contributed by atoms with van der Waals surface area (Å²) in [6.07, 6.45) is 2.70. The number of carbonyl (C=O) groups excluding carboxylic acids is 2. The summed E-state index contributed by atoms with van der Waals surface area (Å²) in [7, 11) is -3.28. The molecule has 8 nitrogen and oxygen atoms in total. The molecule has 0 spiro atoms. The molecule has 172 valence electrons. The van der Waals surface area contributed by atoms with Gasteiger partial charge < -0.3 is 15.1 Å². The Balaban J connectivity index is 1.47. The molecule has 2 N–H and O–H groups in total. The van der Waals surface area contributed by atoms with Gasteiger partial charge in [0.1, 0.15) is 0 Å². The zero-order chi connectivity index (χ0) is 22.6. The number of hydrogen-bond acceptors (Lipinski definition) is 5. The molecule has 31 heavy (non-hydrogen) atoms. The monoisotopic (exact) mass is 450 g/mol. The van der Waals surface area contributed by atoms with Crippen LogP contribution in [0.4, 0.5) is 11.4 Å². The number of nitrogens with zero attached hydrogens (tertiary/aromatic N) is 2. The Bertz CT molecular complexity index is 869. The van der Waals surface area contributed by atoms with Gasteiger partial charge in [-0.05, 0) is 63.8 Å². The van der Waals surface area contributed by atoms with Gasteiger partial charge in [0.2, 0.25) is 21.8 Å². The Hall–Kier alpha value is -2.13. The first kappa shape index (κ1) is 23.5. The minimum Gasteiger partial charge on any atom is -0.368 e. The predicted molar refractivity (Wildman–Crippen MR) is 122 cm³/mol. The molecule has 0 radical (unpaired) electrons. The smallest absolute Gasteiger partial charge is 0.227 e. The third kappa shape index (κ3) is 6.20. The second kappa shape index (κ2) is 9.99. The molecule has 9 heteroatoms. The zero-order valence-electron chi connectivity index (χ0n) is 18.6. The number of piperazine rings is 1. The minimum absolute atomic E-state index is 0.00649. The fraction of sp³-hybridized carbons (Fsp3) is 0.636. The molecule has 1 aliphatic carbocycles. The molecule has 0 bridgehead atoms. The van der Waals surface area contributed by atoms with E-state index in [-0.39, 0.29) is 23.8 Å². The molecule has 0 aromatic heterocycles. The van der Waals surface area contributed by atoms with Gasteiger partial charge in [-0.15, -0.1) is 0 Å². The highest BCUT2D eigenvalue weighted by atomic mass is 32.2. The first-order chi connectivity index (χ1) is 14.7. The highest BCUT2D eigenvalue weighted by molar-refractivity contribution is 7.90. The van der Waals surface area contributed by atoms with Crippen LogP contribution in [0.2, 0.25) is 0 Å². The number of anilines is 2. The average molecular weight is 451 g/mol. The second-order valence-corrected chi connectivity index (χ2v) is 11.1. The van der Waals surface area contributed by atoms with E-state index in [1.54, 1.807) is 20.8 Å². The fourth-order valence-electron chi connectivity index (χ4n) is 4.12. The minimum atomic E-state index is -3.28. The van der Waals surface area contributed by atoms with E-state index in [9.17, 15) is 18.0 Å². The number of amides is 2. The fourth-order valence-corrected chi connectivity index (χ4v) is 5.09. The molecule has 1 aliphatic heterocycles. The van der Waals surface area contributed by atoms with E-state index >= 15 is 0 Å². The molecule has 3 rings (SSSR count). The molecule has 1 saturated carbocycles. The number of nitrogens with one attached hydrogen (secondary N) is 2. The van der Waals surface area contributed by atoms with Crippen molar-refractivity contribution in [2.75, 3.05) is 36.4 Å². The van der Waals surface area contributed by atoms with E-state index in [0.29, 0.717) is 25.7 Å². The van der Waals surface area contributed by atoms with Gasteiger partial charge in [0.25, 0.3) is 0 Å². The van der Waals surface area contributed by atoms with E-state index in [1.165, 1.54) is 0 Å². The molecule has 1 aromatic carbocycles. The van der Waals surface area contributed by atoms with Crippen molar-refractivity contribution in [2.24, 2.45) is 5.92 Å². The van der Waals surface area contributed by atoms with Crippen LogP contribution in [0, 0.1) is 5.92 Å². The Morgan fingerprint density at radius 1 is 0.968 bits per heavy atom. The topological polar surface area (TPSA) is 98.8 Å². The number of carbonyl (C=O) groups is 2. The van der Waals surface area contributed by atoms with E-state index in [1.807, 2.05) is 29.2 Å². The van der Waals surface area contributed by atoms with Gasteiger partial charge in [-0.3, -0.25) is 9.59 Å². The molecule has 0 atom stereocenters.